The summed E-state index contributed by atoms with van der Waals surface area (Å²) in [5.41, 5.74) is 1.33. The molecule has 0 rings (SSSR count). The van der Waals surface area contributed by atoms with Gasteiger partial charge in [0.2, 0.25) is 0 Å². The maximum atomic E-state index is 4.05. The Labute approximate surface area is 77.2 Å². The molecule has 0 aliphatic heterocycles. The van der Waals surface area contributed by atoms with E-state index in [4.69, 9.17) is 0 Å². The van der Waals surface area contributed by atoms with Crippen molar-refractivity contribution in [1.29, 1.82) is 0 Å². The molecule has 1 N–H and O–H groups in total. The Hall–Kier alpha value is -0.300. The summed E-state index contributed by atoms with van der Waals surface area (Å²) in [5, 5.41) is 3.29. The van der Waals surface area contributed by atoms with Gasteiger partial charge in [0.1, 0.15) is 0 Å². The van der Waals surface area contributed by atoms with Crippen molar-refractivity contribution in [1.82, 2.24) is 5.32 Å². The monoisotopic (exact) mass is 169 g/mol. The smallest absolute Gasteiger partial charge is 0.0161 e. The lowest BCUT2D eigenvalue weighted by atomic mass is 9.91. The molecule has 1 unspecified atom stereocenters. The van der Waals surface area contributed by atoms with Gasteiger partial charge in [-0.3, -0.25) is 0 Å². The summed E-state index contributed by atoms with van der Waals surface area (Å²) in [5.74, 6) is 1.53. The molecule has 0 aromatic heterocycles. The van der Waals surface area contributed by atoms with Crippen LogP contribution in [-0.2, 0) is 0 Å². The lowest BCUT2D eigenvalue weighted by Crippen LogP contribution is -2.17. The van der Waals surface area contributed by atoms with Crippen LogP contribution >= 0.6 is 0 Å². The second kappa shape index (κ2) is 6.24. The number of nitrogens with one attached hydrogen (secondary N) is 1. The Morgan fingerprint density at radius 2 is 1.92 bits per heavy atom. The van der Waals surface area contributed by atoms with E-state index >= 15 is 0 Å². The minimum Gasteiger partial charge on any atom is -0.313 e. The fourth-order valence-electron chi connectivity index (χ4n) is 1.06. The van der Waals surface area contributed by atoms with Crippen LogP contribution in [0.15, 0.2) is 12.2 Å². The largest absolute Gasteiger partial charge is 0.313 e. The molecule has 0 aromatic rings. The molecule has 0 aliphatic carbocycles. The predicted octanol–water partition coefficient (Wildman–Crippen LogP) is 2.83. The van der Waals surface area contributed by atoms with Crippen LogP contribution in [0.4, 0.5) is 0 Å². The molecule has 0 saturated carbocycles. The highest BCUT2D eigenvalue weighted by molar-refractivity contribution is 4.97. The van der Waals surface area contributed by atoms with Crippen molar-refractivity contribution < 1.29 is 0 Å². The molecule has 72 valence electrons. The standard InChI is InChI=1S/C11H23N/c1-6-12-8-10(4)7-11(5)9(2)3/h9,11-12H,4,6-8H2,1-3,5H3. The fourth-order valence-corrected chi connectivity index (χ4v) is 1.06. The highest BCUT2D eigenvalue weighted by Gasteiger charge is 2.07. The molecule has 0 heterocycles. The van der Waals surface area contributed by atoms with Crippen LogP contribution in [0.5, 0.6) is 0 Å². The summed E-state index contributed by atoms with van der Waals surface area (Å²) < 4.78 is 0. The van der Waals surface area contributed by atoms with Crippen molar-refractivity contribution in [3.63, 3.8) is 0 Å². The van der Waals surface area contributed by atoms with Gasteiger partial charge < -0.3 is 5.32 Å². The summed E-state index contributed by atoms with van der Waals surface area (Å²) in [6, 6.07) is 0. The molecule has 0 amide bonds. The third-order valence-corrected chi connectivity index (χ3v) is 2.37. The molecule has 0 fully saturated rings. The van der Waals surface area contributed by atoms with E-state index < -0.39 is 0 Å². The van der Waals surface area contributed by atoms with Crippen LogP contribution in [0, 0.1) is 11.8 Å². The minimum absolute atomic E-state index is 0.760. The lowest BCUT2D eigenvalue weighted by molar-refractivity contribution is 0.413. The van der Waals surface area contributed by atoms with Crippen LogP contribution in [0.3, 0.4) is 0 Å². The Bertz CT molecular complexity index is 127. The molecule has 0 radical (unpaired) electrons. The van der Waals surface area contributed by atoms with Crippen LogP contribution < -0.4 is 5.32 Å². The summed E-state index contributed by atoms with van der Waals surface area (Å²) >= 11 is 0. The second-order valence-electron chi connectivity index (χ2n) is 3.96. The van der Waals surface area contributed by atoms with Gasteiger partial charge in [-0.05, 0) is 24.8 Å². The molecule has 1 atom stereocenters. The predicted molar refractivity (Wildman–Crippen MR) is 56.3 cm³/mol. The van der Waals surface area contributed by atoms with Gasteiger partial charge in [0.25, 0.3) is 0 Å². The van der Waals surface area contributed by atoms with Gasteiger partial charge >= 0.3 is 0 Å². The van der Waals surface area contributed by atoms with Crippen LogP contribution in [-0.4, -0.2) is 13.1 Å². The van der Waals surface area contributed by atoms with E-state index in [0.29, 0.717) is 0 Å². The summed E-state index contributed by atoms with van der Waals surface area (Å²) in [6.07, 6.45) is 1.16. The number of likely N-dealkylation sites (N-methyl/N-ethyl adjacent to an activating group) is 1. The number of hydrogen-bond acceptors (Lipinski definition) is 1. The first-order valence-corrected chi connectivity index (χ1v) is 4.95. The van der Waals surface area contributed by atoms with Gasteiger partial charge in [0, 0.05) is 6.54 Å². The zero-order valence-corrected chi connectivity index (χ0v) is 8.98. The fraction of sp³-hybridized carbons (Fsp3) is 0.818. The first-order valence-electron chi connectivity index (χ1n) is 4.95. The maximum absolute atomic E-state index is 4.05. The quantitative estimate of drug-likeness (QED) is 0.603. The topological polar surface area (TPSA) is 12.0 Å². The third kappa shape index (κ3) is 5.36. The highest BCUT2D eigenvalue weighted by Crippen LogP contribution is 2.17. The number of hydrogen-bond donors (Lipinski definition) is 1. The Morgan fingerprint density at radius 1 is 1.33 bits per heavy atom. The molecular formula is C11H23N. The molecular weight excluding hydrogens is 146 g/mol. The zero-order valence-electron chi connectivity index (χ0n) is 8.98. The summed E-state index contributed by atoms with van der Waals surface area (Å²) in [6.45, 7) is 15.0. The third-order valence-electron chi connectivity index (χ3n) is 2.37. The van der Waals surface area contributed by atoms with Gasteiger partial charge in [-0.1, -0.05) is 39.8 Å². The molecule has 12 heavy (non-hydrogen) atoms. The molecule has 0 aliphatic rings. The van der Waals surface area contributed by atoms with E-state index in [0.717, 1.165) is 31.3 Å². The normalized spacial score (nSPS) is 13.4. The SMILES string of the molecule is C=C(CNCC)CC(C)C(C)C. The molecule has 0 saturated heterocycles. The molecule has 0 spiro atoms. The van der Waals surface area contributed by atoms with E-state index in [-0.39, 0.29) is 0 Å². The first-order chi connectivity index (χ1) is 5.57. The summed E-state index contributed by atoms with van der Waals surface area (Å²) in [7, 11) is 0. The molecule has 1 nitrogen and oxygen atoms in total. The Balaban J connectivity index is 3.54. The van der Waals surface area contributed by atoms with Crippen LogP contribution in [0.25, 0.3) is 0 Å². The van der Waals surface area contributed by atoms with Crippen LogP contribution in [0.2, 0.25) is 0 Å². The van der Waals surface area contributed by atoms with Gasteiger partial charge in [0.05, 0.1) is 0 Å². The average molecular weight is 169 g/mol. The minimum atomic E-state index is 0.760. The van der Waals surface area contributed by atoms with E-state index in [2.05, 4.69) is 39.6 Å². The van der Waals surface area contributed by atoms with E-state index in [1.807, 2.05) is 0 Å². The van der Waals surface area contributed by atoms with Crippen molar-refractivity contribution in [3.05, 3.63) is 12.2 Å². The van der Waals surface area contributed by atoms with Crippen molar-refractivity contribution in [3.8, 4) is 0 Å². The van der Waals surface area contributed by atoms with Crippen molar-refractivity contribution >= 4 is 0 Å². The molecule has 1 heteroatoms. The van der Waals surface area contributed by atoms with E-state index in [9.17, 15) is 0 Å². The molecule has 0 bridgehead atoms. The van der Waals surface area contributed by atoms with Gasteiger partial charge in [-0.25, -0.2) is 0 Å². The maximum Gasteiger partial charge on any atom is 0.0161 e. The first kappa shape index (κ1) is 11.7. The average Bonchev–Trinajstić information content (AvgIpc) is 2.00. The Kier molecular flexibility index (Phi) is 6.09. The van der Waals surface area contributed by atoms with Crippen LogP contribution in [0.1, 0.15) is 34.1 Å². The Morgan fingerprint density at radius 3 is 2.33 bits per heavy atom. The second-order valence-corrected chi connectivity index (χ2v) is 3.96. The molecule has 0 aromatic carbocycles. The zero-order chi connectivity index (χ0) is 9.56. The lowest BCUT2D eigenvalue weighted by Gasteiger charge is -2.16. The van der Waals surface area contributed by atoms with Gasteiger partial charge in [0.15, 0.2) is 0 Å². The van der Waals surface area contributed by atoms with Crippen molar-refractivity contribution in [2.75, 3.05) is 13.1 Å². The van der Waals surface area contributed by atoms with E-state index in [1.54, 1.807) is 0 Å². The van der Waals surface area contributed by atoms with Crippen molar-refractivity contribution in [2.45, 2.75) is 34.1 Å². The highest BCUT2D eigenvalue weighted by atomic mass is 14.8. The van der Waals surface area contributed by atoms with Crippen molar-refractivity contribution in [2.24, 2.45) is 11.8 Å². The van der Waals surface area contributed by atoms with E-state index in [1.165, 1.54) is 5.57 Å². The summed E-state index contributed by atoms with van der Waals surface area (Å²) in [4.78, 5) is 0. The van der Waals surface area contributed by atoms with Gasteiger partial charge in [-0.2, -0.15) is 0 Å². The number of rotatable bonds is 6. The van der Waals surface area contributed by atoms with Gasteiger partial charge in [-0.15, -0.1) is 0 Å².